The highest BCUT2D eigenvalue weighted by atomic mass is 19.4. The Morgan fingerprint density at radius 3 is 2.35 bits per heavy atom. The lowest BCUT2D eigenvalue weighted by atomic mass is 10.1. The number of alkyl halides is 3. The van der Waals surface area contributed by atoms with Crippen LogP contribution in [0.4, 0.5) is 13.2 Å². The SMILES string of the molecule is CC(C(=O)NC1CC1)N1CCN(C(=O)c2ccc(C(F)(F)F)nc2)CC1. The summed E-state index contributed by atoms with van der Waals surface area (Å²) in [5.74, 6) is -0.347. The highest BCUT2D eigenvalue weighted by molar-refractivity contribution is 5.94. The maximum atomic E-state index is 12.5. The summed E-state index contributed by atoms with van der Waals surface area (Å²) in [6.07, 6.45) is -1.50. The van der Waals surface area contributed by atoms with E-state index in [0.717, 1.165) is 31.2 Å². The number of aromatic nitrogens is 1. The third-order valence-electron chi connectivity index (χ3n) is 4.75. The van der Waals surface area contributed by atoms with E-state index in [4.69, 9.17) is 0 Å². The lowest BCUT2D eigenvalue weighted by molar-refractivity contribution is -0.141. The lowest BCUT2D eigenvalue weighted by Gasteiger charge is -2.37. The Morgan fingerprint density at radius 1 is 1.19 bits per heavy atom. The molecule has 0 radical (unpaired) electrons. The molecule has 2 fully saturated rings. The van der Waals surface area contributed by atoms with E-state index in [1.807, 2.05) is 11.8 Å². The molecule has 1 aliphatic heterocycles. The number of hydrogen-bond acceptors (Lipinski definition) is 4. The highest BCUT2D eigenvalue weighted by Gasteiger charge is 2.33. The third-order valence-corrected chi connectivity index (χ3v) is 4.75. The second-order valence-corrected chi connectivity index (χ2v) is 6.72. The molecule has 3 rings (SSSR count). The zero-order valence-electron chi connectivity index (χ0n) is 14.4. The molecule has 0 spiro atoms. The van der Waals surface area contributed by atoms with E-state index in [2.05, 4.69) is 10.3 Å². The predicted octanol–water partition coefficient (Wildman–Crippen LogP) is 1.53. The van der Waals surface area contributed by atoms with Crippen molar-refractivity contribution in [2.45, 2.75) is 38.0 Å². The van der Waals surface area contributed by atoms with Gasteiger partial charge in [0.15, 0.2) is 0 Å². The van der Waals surface area contributed by atoms with Crippen LogP contribution in [0.15, 0.2) is 18.3 Å². The van der Waals surface area contributed by atoms with Crippen LogP contribution >= 0.6 is 0 Å². The quantitative estimate of drug-likeness (QED) is 0.873. The van der Waals surface area contributed by atoms with Crippen molar-refractivity contribution in [1.29, 1.82) is 0 Å². The van der Waals surface area contributed by atoms with Crippen molar-refractivity contribution in [2.24, 2.45) is 0 Å². The zero-order valence-corrected chi connectivity index (χ0v) is 14.4. The second kappa shape index (κ2) is 7.22. The van der Waals surface area contributed by atoms with Crippen molar-refractivity contribution in [3.63, 3.8) is 0 Å². The molecule has 1 aliphatic carbocycles. The molecule has 0 aromatic carbocycles. The molecule has 1 aromatic rings. The first-order valence-electron chi connectivity index (χ1n) is 8.62. The van der Waals surface area contributed by atoms with Crippen molar-refractivity contribution in [1.82, 2.24) is 20.1 Å². The van der Waals surface area contributed by atoms with Crippen molar-refractivity contribution in [2.75, 3.05) is 26.2 Å². The Labute approximate surface area is 149 Å². The fourth-order valence-electron chi connectivity index (χ4n) is 2.90. The molecule has 0 bridgehead atoms. The van der Waals surface area contributed by atoms with Gasteiger partial charge in [-0.15, -0.1) is 0 Å². The number of rotatable bonds is 4. The zero-order chi connectivity index (χ0) is 18.9. The Balaban J connectivity index is 1.53. The van der Waals surface area contributed by atoms with Crippen LogP contribution in [0.25, 0.3) is 0 Å². The van der Waals surface area contributed by atoms with Gasteiger partial charge >= 0.3 is 6.18 Å². The Morgan fingerprint density at radius 2 is 1.85 bits per heavy atom. The molecule has 2 heterocycles. The second-order valence-electron chi connectivity index (χ2n) is 6.72. The number of carbonyl (C=O) groups is 2. The number of piperazine rings is 1. The first-order chi connectivity index (χ1) is 12.3. The number of nitrogens with one attached hydrogen (secondary N) is 1. The van der Waals surface area contributed by atoms with Gasteiger partial charge < -0.3 is 10.2 Å². The van der Waals surface area contributed by atoms with Gasteiger partial charge in [0, 0.05) is 38.4 Å². The number of carbonyl (C=O) groups excluding carboxylic acids is 2. The molecule has 1 N–H and O–H groups in total. The fraction of sp³-hybridized carbons (Fsp3) is 0.588. The molecule has 1 atom stereocenters. The molecule has 142 valence electrons. The van der Waals surface area contributed by atoms with Gasteiger partial charge in [-0.25, -0.2) is 0 Å². The van der Waals surface area contributed by atoms with Crippen LogP contribution in [0.2, 0.25) is 0 Å². The fourth-order valence-corrected chi connectivity index (χ4v) is 2.90. The predicted molar refractivity (Wildman–Crippen MR) is 87.3 cm³/mol. The molecule has 1 aromatic heterocycles. The smallest absolute Gasteiger partial charge is 0.352 e. The Bertz CT molecular complexity index is 666. The maximum Gasteiger partial charge on any atom is 0.433 e. The van der Waals surface area contributed by atoms with E-state index in [9.17, 15) is 22.8 Å². The molecule has 2 aliphatic rings. The molecule has 1 unspecified atom stereocenters. The van der Waals surface area contributed by atoms with Crippen LogP contribution in [0.1, 0.15) is 35.8 Å². The maximum absolute atomic E-state index is 12.5. The van der Waals surface area contributed by atoms with Gasteiger partial charge in [0.05, 0.1) is 11.6 Å². The summed E-state index contributed by atoms with van der Waals surface area (Å²) < 4.78 is 37.6. The first kappa shape index (κ1) is 18.6. The van der Waals surface area contributed by atoms with Gasteiger partial charge in [-0.05, 0) is 31.9 Å². The minimum atomic E-state index is -4.52. The summed E-state index contributed by atoms with van der Waals surface area (Å²) in [6.45, 7) is 3.76. The van der Waals surface area contributed by atoms with E-state index in [0.29, 0.717) is 32.2 Å². The van der Waals surface area contributed by atoms with Gasteiger partial charge in [-0.2, -0.15) is 13.2 Å². The largest absolute Gasteiger partial charge is 0.433 e. The van der Waals surface area contributed by atoms with Crippen LogP contribution < -0.4 is 5.32 Å². The summed E-state index contributed by atoms with van der Waals surface area (Å²) in [7, 11) is 0. The van der Waals surface area contributed by atoms with E-state index in [1.54, 1.807) is 4.90 Å². The van der Waals surface area contributed by atoms with Gasteiger partial charge in [-0.1, -0.05) is 0 Å². The van der Waals surface area contributed by atoms with Crippen molar-refractivity contribution in [3.05, 3.63) is 29.6 Å². The van der Waals surface area contributed by atoms with Gasteiger partial charge in [0.2, 0.25) is 5.91 Å². The number of nitrogens with zero attached hydrogens (tertiary/aromatic N) is 3. The van der Waals surface area contributed by atoms with E-state index >= 15 is 0 Å². The van der Waals surface area contributed by atoms with Crippen LogP contribution in [0.3, 0.4) is 0 Å². The lowest BCUT2D eigenvalue weighted by Crippen LogP contribution is -2.55. The van der Waals surface area contributed by atoms with Gasteiger partial charge in [0.25, 0.3) is 5.91 Å². The van der Waals surface area contributed by atoms with Gasteiger partial charge in [0.1, 0.15) is 5.69 Å². The average Bonchev–Trinajstić information content (AvgIpc) is 3.44. The highest BCUT2D eigenvalue weighted by Crippen LogP contribution is 2.27. The molecular weight excluding hydrogens is 349 g/mol. The van der Waals surface area contributed by atoms with Crippen molar-refractivity contribution in [3.8, 4) is 0 Å². The van der Waals surface area contributed by atoms with E-state index in [-0.39, 0.29) is 23.4 Å². The molecule has 9 heteroatoms. The van der Waals surface area contributed by atoms with Crippen molar-refractivity contribution >= 4 is 11.8 Å². The van der Waals surface area contributed by atoms with Crippen LogP contribution in [-0.4, -0.2) is 64.9 Å². The van der Waals surface area contributed by atoms with Crippen LogP contribution in [0.5, 0.6) is 0 Å². The monoisotopic (exact) mass is 370 g/mol. The molecule has 6 nitrogen and oxygen atoms in total. The van der Waals surface area contributed by atoms with E-state index < -0.39 is 11.9 Å². The van der Waals surface area contributed by atoms with Crippen LogP contribution in [0, 0.1) is 0 Å². The minimum Gasteiger partial charge on any atom is -0.352 e. The summed E-state index contributed by atoms with van der Waals surface area (Å²) in [6, 6.07) is 2.00. The Hall–Kier alpha value is -2.16. The Kier molecular flexibility index (Phi) is 5.17. The molecular formula is C17H21F3N4O2. The minimum absolute atomic E-state index is 0.000726. The van der Waals surface area contributed by atoms with Gasteiger partial charge in [-0.3, -0.25) is 19.5 Å². The van der Waals surface area contributed by atoms with Crippen LogP contribution in [-0.2, 0) is 11.0 Å². The van der Waals surface area contributed by atoms with Crippen molar-refractivity contribution < 1.29 is 22.8 Å². The topological polar surface area (TPSA) is 65.5 Å². The first-order valence-corrected chi connectivity index (χ1v) is 8.62. The normalized spacial score (nSPS) is 19.9. The number of halogens is 3. The standard InChI is InChI=1S/C17H21F3N4O2/c1-11(15(25)22-13-3-4-13)23-6-8-24(9-7-23)16(26)12-2-5-14(21-10-12)17(18,19)20/h2,5,10-11,13H,3-4,6-9H2,1H3,(H,22,25). The average molecular weight is 370 g/mol. The molecule has 1 saturated carbocycles. The molecule has 26 heavy (non-hydrogen) atoms. The van der Waals surface area contributed by atoms with E-state index in [1.165, 1.54) is 0 Å². The summed E-state index contributed by atoms with van der Waals surface area (Å²) in [5.41, 5.74) is -0.889. The molecule has 2 amide bonds. The summed E-state index contributed by atoms with van der Waals surface area (Å²) in [5, 5.41) is 2.97. The third kappa shape index (κ3) is 4.32. The number of pyridine rings is 1. The number of hydrogen-bond donors (Lipinski definition) is 1. The summed E-state index contributed by atoms with van der Waals surface area (Å²) >= 11 is 0. The number of amides is 2. The summed E-state index contributed by atoms with van der Waals surface area (Å²) in [4.78, 5) is 31.5. The molecule has 1 saturated heterocycles.